The zero-order valence-corrected chi connectivity index (χ0v) is 11.4. The first kappa shape index (κ1) is 14.3. The summed E-state index contributed by atoms with van der Waals surface area (Å²) in [4.78, 5) is 2.47. The largest absolute Gasteiger partial charge is 0.493 e. The van der Waals surface area contributed by atoms with Crippen LogP contribution in [0.1, 0.15) is 19.3 Å². The number of likely N-dealkylation sites (tertiary alicyclic amines) is 1. The minimum Gasteiger partial charge on any atom is -0.493 e. The zero-order valence-electron chi connectivity index (χ0n) is 11.4. The average molecular weight is 266 g/mol. The predicted molar refractivity (Wildman–Crippen MR) is 74.7 cm³/mol. The highest BCUT2D eigenvalue weighted by Gasteiger charge is 2.19. The van der Waals surface area contributed by atoms with Crippen LogP contribution < -0.4 is 10.5 Å². The Morgan fingerprint density at radius 2 is 2.11 bits per heavy atom. The quantitative estimate of drug-likeness (QED) is 0.858. The van der Waals surface area contributed by atoms with E-state index in [2.05, 4.69) is 4.90 Å². The normalized spacial score (nSPS) is 20.4. The molecule has 0 aliphatic carbocycles. The number of benzene rings is 1. The number of piperidine rings is 1. The van der Waals surface area contributed by atoms with Gasteiger partial charge >= 0.3 is 0 Å². The lowest BCUT2D eigenvalue weighted by atomic mass is 9.99. The number of nitrogens with zero attached hydrogens (tertiary/aromatic N) is 1. The van der Waals surface area contributed by atoms with Crippen LogP contribution in [0.4, 0.5) is 4.39 Å². The lowest BCUT2D eigenvalue weighted by Crippen LogP contribution is -2.38. The molecule has 4 heteroatoms. The summed E-state index contributed by atoms with van der Waals surface area (Å²) in [5.41, 5.74) is 5.55. The van der Waals surface area contributed by atoms with E-state index in [1.54, 1.807) is 12.1 Å². The Morgan fingerprint density at radius 3 is 2.84 bits per heavy atom. The molecular weight excluding hydrogens is 243 g/mol. The first-order valence-corrected chi connectivity index (χ1v) is 7.08. The van der Waals surface area contributed by atoms with E-state index in [0.717, 1.165) is 31.8 Å². The topological polar surface area (TPSA) is 38.5 Å². The summed E-state index contributed by atoms with van der Waals surface area (Å²) in [5.74, 6) is 1.09. The molecule has 0 spiro atoms. The highest BCUT2D eigenvalue weighted by molar-refractivity contribution is 5.22. The van der Waals surface area contributed by atoms with Crippen molar-refractivity contribution in [3.63, 3.8) is 0 Å². The van der Waals surface area contributed by atoms with Crippen LogP contribution in [0.5, 0.6) is 5.75 Å². The van der Waals surface area contributed by atoms with Gasteiger partial charge in [-0.3, -0.25) is 0 Å². The fourth-order valence-corrected chi connectivity index (χ4v) is 2.55. The Bertz CT molecular complexity index is 369. The third-order valence-electron chi connectivity index (χ3n) is 3.58. The van der Waals surface area contributed by atoms with E-state index in [0.29, 0.717) is 12.5 Å². The molecule has 106 valence electrons. The highest BCUT2D eigenvalue weighted by Crippen LogP contribution is 2.19. The molecule has 1 aliphatic heterocycles. The minimum absolute atomic E-state index is 0.224. The van der Waals surface area contributed by atoms with Crippen molar-refractivity contribution in [1.29, 1.82) is 0 Å². The van der Waals surface area contributed by atoms with Crippen molar-refractivity contribution in [3.8, 4) is 5.75 Å². The van der Waals surface area contributed by atoms with Crippen LogP contribution >= 0.6 is 0 Å². The summed E-state index contributed by atoms with van der Waals surface area (Å²) in [5, 5.41) is 0. The number of hydrogen-bond acceptors (Lipinski definition) is 3. The van der Waals surface area contributed by atoms with Crippen molar-refractivity contribution >= 4 is 0 Å². The summed E-state index contributed by atoms with van der Waals surface area (Å²) >= 11 is 0. The lowest BCUT2D eigenvalue weighted by Gasteiger charge is -2.32. The van der Waals surface area contributed by atoms with Crippen molar-refractivity contribution in [2.45, 2.75) is 19.3 Å². The van der Waals surface area contributed by atoms with Crippen LogP contribution in [0, 0.1) is 11.7 Å². The molecule has 1 atom stereocenters. The third-order valence-corrected chi connectivity index (χ3v) is 3.58. The van der Waals surface area contributed by atoms with Crippen molar-refractivity contribution in [2.24, 2.45) is 11.7 Å². The van der Waals surface area contributed by atoms with Crippen molar-refractivity contribution in [3.05, 3.63) is 30.1 Å². The number of hydrogen-bond donors (Lipinski definition) is 1. The number of rotatable bonds is 6. The molecule has 1 aromatic carbocycles. The van der Waals surface area contributed by atoms with Gasteiger partial charge in [0.1, 0.15) is 11.6 Å². The third kappa shape index (κ3) is 4.80. The Morgan fingerprint density at radius 1 is 1.32 bits per heavy atom. The van der Waals surface area contributed by atoms with Gasteiger partial charge < -0.3 is 15.4 Å². The van der Waals surface area contributed by atoms with E-state index in [1.807, 2.05) is 0 Å². The van der Waals surface area contributed by atoms with Crippen LogP contribution in [0.15, 0.2) is 24.3 Å². The molecule has 0 aromatic heterocycles. The van der Waals surface area contributed by atoms with E-state index in [9.17, 15) is 4.39 Å². The van der Waals surface area contributed by atoms with Crippen LogP contribution in [-0.4, -0.2) is 37.7 Å². The molecule has 0 radical (unpaired) electrons. The maximum Gasteiger partial charge on any atom is 0.123 e. The first-order chi connectivity index (χ1) is 9.28. The van der Waals surface area contributed by atoms with Gasteiger partial charge in [0.2, 0.25) is 0 Å². The second-order valence-corrected chi connectivity index (χ2v) is 5.22. The summed E-state index contributed by atoms with van der Waals surface area (Å²) in [6.07, 6.45) is 3.49. The Kier molecular flexibility index (Phi) is 5.61. The Hall–Kier alpha value is -1.13. The second-order valence-electron chi connectivity index (χ2n) is 5.22. The standard InChI is InChI=1S/C15H23FN2O/c16-14-4-6-15(7-5-14)19-12-13-3-1-9-18(11-13)10-2-8-17/h4-7,13H,1-3,8-12,17H2. The first-order valence-electron chi connectivity index (χ1n) is 7.08. The molecule has 1 fully saturated rings. The molecule has 1 heterocycles. The van der Waals surface area contributed by atoms with Gasteiger partial charge in [0.15, 0.2) is 0 Å². The van der Waals surface area contributed by atoms with Gasteiger partial charge in [-0.05, 0) is 63.2 Å². The molecule has 1 unspecified atom stereocenters. The SMILES string of the molecule is NCCCN1CCCC(COc2ccc(F)cc2)C1. The predicted octanol–water partition coefficient (Wildman–Crippen LogP) is 2.27. The van der Waals surface area contributed by atoms with Crippen molar-refractivity contribution in [1.82, 2.24) is 4.90 Å². The fraction of sp³-hybridized carbons (Fsp3) is 0.600. The second kappa shape index (κ2) is 7.46. The van der Waals surface area contributed by atoms with Gasteiger partial charge in [-0.25, -0.2) is 4.39 Å². The molecule has 1 aliphatic rings. The van der Waals surface area contributed by atoms with Gasteiger partial charge in [0.25, 0.3) is 0 Å². The van der Waals surface area contributed by atoms with E-state index in [-0.39, 0.29) is 5.82 Å². The van der Waals surface area contributed by atoms with E-state index in [1.165, 1.54) is 31.5 Å². The molecule has 2 rings (SSSR count). The fourth-order valence-electron chi connectivity index (χ4n) is 2.55. The molecule has 19 heavy (non-hydrogen) atoms. The molecule has 1 saturated heterocycles. The maximum atomic E-state index is 12.8. The van der Waals surface area contributed by atoms with Crippen LogP contribution in [0.25, 0.3) is 0 Å². The van der Waals surface area contributed by atoms with Gasteiger partial charge in [0, 0.05) is 12.5 Å². The van der Waals surface area contributed by atoms with Crippen LogP contribution in [0.3, 0.4) is 0 Å². The summed E-state index contributed by atoms with van der Waals surface area (Å²) in [7, 11) is 0. The molecule has 0 bridgehead atoms. The Labute approximate surface area is 114 Å². The van der Waals surface area contributed by atoms with E-state index < -0.39 is 0 Å². The smallest absolute Gasteiger partial charge is 0.123 e. The van der Waals surface area contributed by atoms with Crippen LogP contribution in [0.2, 0.25) is 0 Å². The minimum atomic E-state index is -0.224. The van der Waals surface area contributed by atoms with Crippen molar-refractivity contribution < 1.29 is 9.13 Å². The van der Waals surface area contributed by atoms with Crippen LogP contribution in [-0.2, 0) is 0 Å². The van der Waals surface area contributed by atoms with E-state index in [4.69, 9.17) is 10.5 Å². The van der Waals surface area contributed by atoms with Gasteiger partial charge in [-0.2, -0.15) is 0 Å². The summed E-state index contributed by atoms with van der Waals surface area (Å²) < 4.78 is 18.5. The Balaban J connectivity index is 1.74. The maximum absolute atomic E-state index is 12.8. The molecule has 0 amide bonds. The molecule has 1 aromatic rings. The van der Waals surface area contributed by atoms with Gasteiger partial charge in [0.05, 0.1) is 6.61 Å². The summed E-state index contributed by atoms with van der Waals surface area (Å²) in [6, 6.07) is 6.24. The van der Waals surface area contributed by atoms with E-state index >= 15 is 0 Å². The van der Waals surface area contributed by atoms with Gasteiger partial charge in [-0.1, -0.05) is 0 Å². The zero-order chi connectivity index (χ0) is 13.5. The lowest BCUT2D eigenvalue weighted by molar-refractivity contribution is 0.130. The average Bonchev–Trinajstić information content (AvgIpc) is 2.45. The van der Waals surface area contributed by atoms with Crippen molar-refractivity contribution in [2.75, 3.05) is 32.8 Å². The molecule has 3 nitrogen and oxygen atoms in total. The molecule has 0 saturated carbocycles. The number of nitrogens with two attached hydrogens (primary N) is 1. The molecule has 2 N–H and O–H groups in total. The highest BCUT2D eigenvalue weighted by atomic mass is 19.1. The number of ether oxygens (including phenoxy) is 1. The summed E-state index contributed by atoms with van der Waals surface area (Å²) in [6.45, 7) is 4.82. The van der Waals surface area contributed by atoms with Gasteiger partial charge in [-0.15, -0.1) is 0 Å². The monoisotopic (exact) mass is 266 g/mol. The number of halogens is 1. The molecular formula is C15H23FN2O.